The van der Waals surface area contributed by atoms with Crippen LogP contribution in [-0.2, 0) is 16.0 Å². The van der Waals surface area contributed by atoms with Crippen molar-refractivity contribution in [3.05, 3.63) is 101 Å². The van der Waals surface area contributed by atoms with Gasteiger partial charge in [-0.05, 0) is 65.9 Å². The van der Waals surface area contributed by atoms with Gasteiger partial charge in [0.25, 0.3) is 0 Å². The lowest BCUT2D eigenvalue weighted by Crippen LogP contribution is -2.45. The largest absolute Gasteiger partial charge is 0.497 e. The minimum atomic E-state index is -0.680. The van der Waals surface area contributed by atoms with Crippen molar-refractivity contribution in [2.75, 3.05) is 20.8 Å². The van der Waals surface area contributed by atoms with Gasteiger partial charge in [0, 0.05) is 0 Å². The maximum Gasteiger partial charge on any atom is 0.338 e. The Morgan fingerprint density at radius 1 is 0.886 bits per heavy atom. The molecule has 3 aromatic rings. The average molecular weight is 473 g/mol. The predicted molar refractivity (Wildman–Crippen MR) is 133 cm³/mol. The number of esters is 1. The summed E-state index contributed by atoms with van der Waals surface area (Å²) in [5.41, 5.74) is 3.40. The monoisotopic (exact) mass is 472 g/mol. The lowest BCUT2D eigenvalue weighted by molar-refractivity contribution is -0.136. The lowest BCUT2D eigenvalue weighted by Gasteiger charge is -2.29. The second-order valence-electron chi connectivity index (χ2n) is 8.05. The van der Waals surface area contributed by atoms with E-state index in [0.29, 0.717) is 29.2 Å². The van der Waals surface area contributed by atoms with Crippen LogP contribution in [0.5, 0.6) is 11.5 Å². The minimum Gasteiger partial charge on any atom is -0.497 e. The van der Waals surface area contributed by atoms with Crippen molar-refractivity contribution < 1.29 is 23.8 Å². The van der Waals surface area contributed by atoms with Crippen LogP contribution in [0.3, 0.4) is 0 Å². The highest BCUT2D eigenvalue weighted by Gasteiger charge is 2.34. The number of amides is 2. The van der Waals surface area contributed by atoms with Gasteiger partial charge in [0.15, 0.2) is 0 Å². The quantitative estimate of drug-likeness (QED) is 0.350. The second-order valence-corrected chi connectivity index (χ2v) is 8.05. The molecule has 1 heterocycles. The van der Waals surface area contributed by atoms with Gasteiger partial charge in [-0.2, -0.15) is 0 Å². The van der Waals surface area contributed by atoms with Crippen LogP contribution in [0, 0.1) is 0 Å². The minimum absolute atomic E-state index is 0.314. The Hall–Kier alpha value is -4.26. The van der Waals surface area contributed by atoms with Gasteiger partial charge >= 0.3 is 12.0 Å². The Morgan fingerprint density at radius 2 is 1.57 bits per heavy atom. The summed E-state index contributed by atoms with van der Waals surface area (Å²) >= 11 is 0. The molecule has 1 aliphatic heterocycles. The Kier molecular flexibility index (Phi) is 7.67. The summed E-state index contributed by atoms with van der Waals surface area (Å²) in [5.74, 6) is 0.862. The molecule has 1 unspecified atom stereocenters. The average Bonchev–Trinajstić information content (AvgIpc) is 2.91. The Morgan fingerprint density at radius 3 is 2.23 bits per heavy atom. The molecule has 1 aliphatic rings. The third kappa shape index (κ3) is 5.81. The van der Waals surface area contributed by atoms with E-state index in [0.717, 1.165) is 24.2 Å². The van der Waals surface area contributed by atoms with E-state index in [1.807, 2.05) is 42.5 Å². The first kappa shape index (κ1) is 23.9. The molecule has 1 atom stereocenters. The fraction of sp³-hybridized carbons (Fsp3) is 0.214. The molecule has 7 nitrogen and oxygen atoms in total. The van der Waals surface area contributed by atoms with Gasteiger partial charge in [0.05, 0.1) is 38.1 Å². The molecule has 7 heteroatoms. The summed E-state index contributed by atoms with van der Waals surface area (Å²) in [5, 5.41) is 5.59. The number of hydrogen-bond donors (Lipinski definition) is 2. The van der Waals surface area contributed by atoms with Crippen LogP contribution in [0.25, 0.3) is 5.70 Å². The van der Waals surface area contributed by atoms with E-state index in [-0.39, 0.29) is 0 Å². The molecule has 0 saturated carbocycles. The van der Waals surface area contributed by atoms with Gasteiger partial charge in [-0.3, -0.25) is 0 Å². The van der Waals surface area contributed by atoms with Crippen LogP contribution in [0.1, 0.15) is 29.2 Å². The van der Waals surface area contributed by atoms with Crippen molar-refractivity contribution in [2.45, 2.75) is 18.9 Å². The van der Waals surface area contributed by atoms with E-state index >= 15 is 0 Å². The number of aryl methyl sites for hydroxylation is 1. The van der Waals surface area contributed by atoms with Gasteiger partial charge in [0.1, 0.15) is 11.5 Å². The number of ether oxygens (including phenoxy) is 3. The molecular weight excluding hydrogens is 444 g/mol. The second kappa shape index (κ2) is 11.2. The number of hydrogen-bond acceptors (Lipinski definition) is 5. The first-order valence-corrected chi connectivity index (χ1v) is 11.4. The van der Waals surface area contributed by atoms with E-state index in [1.54, 1.807) is 31.4 Å². The van der Waals surface area contributed by atoms with Crippen LogP contribution in [0.4, 0.5) is 4.79 Å². The predicted octanol–water partition coefficient (Wildman–Crippen LogP) is 4.65. The Labute approximate surface area is 204 Å². The number of carbonyl (C=O) groups is 2. The van der Waals surface area contributed by atoms with Crippen LogP contribution >= 0.6 is 0 Å². The molecule has 0 saturated heterocycles. The molecule has 2 N–H and O–H groups in total. The zero-order valence-corrected chi connectivity index (χ0v) is 19.7. The Bertz CT molecular complexity index is 1190. The standard InChI is InChI=1S/C28H28N2O5/c1-33-22-14-10-20(11-15-22)25-24(27(31)34-2)26(30-28(32)29-25)21-12-16-23(17-13-21)35-18-6-9-19-7-4-3-5-8-19/h3-5,7-8,10-17,26H,6,9,18H2,1-2H3,(H2,29,30,32). The SMILES string of the molecule is COC(=O)C1=C(c2ccc(OC)cc2)NC(=O)NC1c1ccc(OCCCc2ccccc2)cc1. The van der Waals surface area contributed by atoms with E-state index in [1.165, 1.54) is 12.7 Å². The van der Waals surface area contributed by atoms with Gasteiger partial charge in [0.2, 0.25) is 0 Å². The summed E-state index contributed by atoms with van der Waals surface area (Å²) < 4.78 is 16.2. The van der Waals surface area contributed by atoms with Crippen molar-refractivity contribution in [1.82, 2.24) is 10.6 Å². The molecule has 35 heavy (non-hydrogen) atoms. The summed E-state index contributed by atoms with van der Waals surface area (Å²) in [6, 6.07) is 23.7. The molecule has 3 aromatic carbocycles. The third-order valence-electron chi connectivity index (χ3n) is 5.79. The molecule has 0 radical (unpaired) electrons. The van der Waals surface area contributed by atoms with E-state index < -0.39 is 18.0 Å². The maximum atomic E-state index is 12.8. The Balaban J connectivity index is 1.52. The van der Waals surface area contributed by atoms with E-state index in [9.17, 15) is 9.59 Å². The fourth-order valence-corrected chi connectivity index (χ4v) is 4.00. The van der Waals surface area contributed by atoms with E-state index in [4.69, 9.17) is 14.2 Å². The highest BCUT2D eigenvalue weighted by molar-refractivity contribution is 6.04. The molecule has 180 valence electrons. The number of methoxy groups -OCH3 is 2. The number of nitrogens with one attached hydrogen (secondary N) is 2. The molecule has 0 aromatic heterocycles. The molecule has 2 amide bonds. The maximum absolute atomic E-state index is 12.8. The molecular formula is C28H28N2O5. The third-order valence-corrected chi connectivity index (χ3v) is 5.79. The van der Waals surface area contributed by atoms with E-state index in [2.05, 4.69) is 22.8 Å². The van der Waals surface area contributed by atoms with Gasteiger partial charge < -0.3 is 24.8 Å². The van der Waals surface area contributed by atoms with Crippen molar-refractivity contribution in [3.63, 3.8) is 0 Å². The first-order chi connectivity index (χ1) is 17.1. The van der Waals surface area contributed by atoms with Gasteiger partial charge in [-0.1, -0.05) is 42.5 Å². The van der Waals surface area contributed by atoms with Crippen LogP contribution in [-0.4, -0.2) is 32.8 Å². The smallest absolute Gasteiger partial charge is 0.338 e. The zero-order chi connectivity index (χ0) is 24.6. The van der Waals surface area contributed by atoms with Crippen LogP contribution in [0.15, 0.2) is 84.4 Å². The fourth-order valence-electron chi connectivity index (χ4n) is 4.00. The highest BCUT2D eigenvalue weighted by Crippen LogP contribution is 2.33. The zero-order valence-electron chi connectivity index (χ0n) is 19.7. The lowest BCUT2D eigenvalue weighted by atomic mass is 9.92. The molecule has 0 spiro atoms. The summed E-state index contributed by atoms with van der Waals surface area (Å²) in [4.78, 5) is 25.3. The summed E-state index contributed by atoms with van der Waals surface area (Å²) in [6.07, 6.45) is 1.85. The van der Waals surface area contributed by atoms with Gasteiger partial charge in [-0.25, -0.2) is 9.59 Å². The number of benzene rings is 3. The van der Waals surface area contributed by atoms with Crippen molar-refractivity contribution in [2.24, 2.45) is 0 Å². The normalized spacial score (nSPS) is 15.1. The number of urea groups is 1. The van der Waals surface area contributed by atoms with Crippen molar-refractivity contribution >= 4 is 17.7 Å². The van der Waals surface area contributed by atoms with Gasteiger partial charge in [-0.15, -0.1) is 0 Å². The molecule has 4 rings (SSSR count). The van der Waals surface area contributed by atoms with Crippen LogP contribution < -0.4 is 20.1 Å². The highest BCUT2D eigenvalue weighted by atomic mass is 16.5. The number of carbonyl (C=O) groups excluding carboxylic acids is 2. The molecule has 0 bridgehead atoms. The van der Waals surface area contributed by atoms with Crippen molar-refractivity contribution in [1.29, 1.82) is 0 Å². The molecule has 0 aliphatic carbocycles. The first-order valence-electron chi connectivity index (χ1n) is 11.4. The number of rotatable bonds is 9. The van der Waals surface area contributed by atoms with Crippen LogP contribution in [0.2, 0.25) is 0 Å². The summed E-state index contributed by atoms with van der Waals surface area (Å²) in [6.45, 7) is 0.591. The summed E-state index contributed by atoms with van der Waals surface area (Å²) in [7, 11) is 2.90. The molecule has 0 fully saturated rings. The topological polar surface area (TPSA) is 85.9 Å². The van der Waals surface area contributed by atoms with Crippen molar-refractivity contribution in [3.8, 4) is 11.5 Å².